The van der Waals surface area contributed by atoms with E-state index in [1.807, 2.05) is 6.08 Å². The zero-order chi connectivity index (χ0) is 9.40. The number of allylic oxidation sites excluding steroid dienone is 1. The van der Waals surface area contributed by atoms with Crippen LogP contribution >= 0.6 is 12.4 Å². The fourth-order valence-corrected chi connectivity index (χ4v) is 1.62. The lowest BCUT2D eigenvalue weighted by Gasteiger charge is -2.18. The molecule has 80 valence electrons. The number of rotatable bonds is 7. The lowest BCUT2D eigenvalue weighted by atomic mass is 9.89. The van der Waals surface area contributed by atoms with Crippen molar-refractivity contribution >= 4 is 12.4 Å². The highest BCUT2D eigenvalue weighted by atomic mass is 35.5. The third-order valence-electron chi connectivity index (χ3n) is 2.65. The molecule has 0 spiro atoms. The molecule has 0 bridgehead atoms. The summed E-state index contributed by atoms with van der Waals surface area (Å²) in [5.41, 5.74) is 5.67. The minimum Gasteiger partial charge on any atom is -0.330 e. The van der Waals surface area contributed by atoms with Crippen LogP contribution in [0, 0.1) is 11.8 Å². The molecular formula is C11H24ClN. The maximum atomic E-state index is 5.67. The molecule has 0 aliphatic carbocycles. The lowest BCUT2D eigenvalue weighted by molar-refractivity contribution is 0.359. The average molecular weight is 206 g/mol. The second-order valence-electron chi connectivity index (χ2n) is 3.54. The van der Waals surface area contributed by atoms with Crippen LogP contribution in [-0.4, -0.2) is 6.54 Å². The Hall–Kier alpha value is -0.0100. The minimum absolute atomic E-state index is 0. The van der Waals surface area contributed by atoms with Gasteiger partial charge in [0, 0.05) is 0 Å². The molecule has 0 heterocycles. The molecule has 13 heavy (non-hydrogen) atoms. The van der Waals surface area contributed by atoms with E-state index in [0.29, 0.717) is 5.92 Å². The van der Waals surface area contributed by atoms with Crippen LogP contribution in [0.25, 0.3) is 0 Å². The maximum Gasteiger partial charge on any atom is -0.00458 e. The smallest absolute Gasteiger partial charge is 0.00458 e. The molecule has 0 fully saturated rings. The highest BCUT2D eigenvalue weighted by Crippen LogP contribution is 2.20. The molecule has 0 aromatic carbocycles. The van der Waals surface area contributed by atoms with Crippen molar-refractivity contribution in [2.45, 2.75) is 39.5 Å². The van der Waals surface area contributed by atoms with Crippen LogP contribution in [0.3, 0.4) is 0 Å². The predicted molar refractivity (Wildman–Crippen MR) is 63.3 cm³/mol. The summed E-state index contributed by atoms with van der Waals surface area (Å²) in [6, 6.07) is 0. The van der Waals surface area contributed by atoms with Crippen LogP contribution in [0.5, 0.6) is 0 Å². The quantitative estimate of drug-likeness (QED) is 0.634. The fraction of sp³-hybridized carbons (Fsp3) is 0.818. The first-order valence-electron chi connectivity index (χ1n) is 5.09. The average Bonchev–Trinajstić information content (AvgIpc) is 2.12. The first-order chi connectivity index (χ1) is 5.78. The first kappa shape index (κ1) is 15.5. The zero-order valence-corrected chi connectivity index (χ0v) is 9.78. The van der Waals surface area contributed by atoms with Crippen molar-refractivity contribution in [3.8, 4) is 0 Å². The molecule has 1 unspecified atom stereocenters. The molecular weight excluding hydrogens is 182 g/mol. The van der Waals surface area contributed by atoms with Gasteiger partial charge in [0.25, 0.3) is 0 Å². The molecule has 0 saturated carbocycles. The summed E-state index contributed by atoms with van der Waals surface area (Å²) >= 11 is 0. The van der Waals surface area contributed by atoms with Gasteiger partial charge in [-0.15, -0.1) is 19.0 Å². The molecule has 0 aliphatic rings. The fourth-order valence-electron chi connectivity index (χ4n) is 1.62. The SMILES string of the molecule is C=CCC(CN)CC(CC)CC.Cl. The van der Waals surface area contributed by atoms with Crippen LogP contribution in [0.4, 0.5) is 0 Å². The Morgan fingerprint density at radius 1 is 1.23 bits per heavy atom. The molecule has 0 aromatic heterocycles. The molecule has 0 rings (SSSR count). The number of halogens is 1. The number of nitrogens with two attached hydrogens (primary N) is 1. The second kappa shape index (κ2) is 10.1. The van der Waals surface area contributed by atoms with Crippen LogP contribution in [0.15, 0.2) is 12.7 Å². The van der Waals surface area contributed by atoms with Gasteiger partial charge in [-0.3, -0.25) is 0 Å². The zero-order valence-electron chi connectivity index (χ0n) is 8.96. The van der Waals surface area contributed by atoms with Gasteiger partial charge in [0.1, 0.15) is 0 Å². The van der Waals surface area contributed by atoms with Gasteiger partial charge < -0.3 is 5.73 Å². The Kier molecular flexibility index (Phi) is 12.0. The maximum absolute atomic E-state index is 5.67. The Morgan fingerprint density at radius 3 is 2.08 bits per heavy atom. The topological polar surface area (TPSA) is 26.0 Å². The Morgan fingerprint density at radius 2 is 1.77 bits per heavy atom. The summed E-state index contributed by atoms with van der Waals surface area (Å²) in [5, 5.41) is 0. The Bertz CT molecular complexity index is 111. The summed E-state index contributed by atoms with van der Waals surface area (Å²) in [5.74, 6) is 1.52. The molecule has 0 amide bonds. The molecule has 2 heteroatoms. The van der Waals surface area contributed by atoms with Crippen molar-refractivity contribution in [1.29, 1.82) is 0 Å². The van der Waals surface area contributed by atoms with E-state index in [1.165, 1.54) is 19.3 Å². The molecule has 1 nitrogen and oxygen atoms in total. The highest BCUT2D eigenvalue weighted by molar-refractivity contribution is 5.85. The van der Waals surface area contributed by atoms with Gasteiger partial charge in [-0.2, -0.15) is 0 Å². The molecule has 0 aromatic rings. The van der Waals surface area contributed by atoms with Crippen LogP contribution in [0.1, 0.15) is 39.5 Å². The Balaban J connectivity index is 0. The van der Waals surface area contributed by atoms with Crippen LogP contribution in [-0.2, 0) is 0 Å². The summed E-state index contributed by atoms with van der Waals surface area (Å²) in [6.45, 7) is 9.08. The summed E-state index contributed by atoms with van der Waals surface area (Å²) in [6.07, 6.45) is 6.90. The summed E-state index contributed by atoms with van der Waals surface area (Å²) in [4.78, 5) is 0. The third-order valence-corrected chi connectivity index (χ3v) is 2.65. The Labute approximate surface area is 89.2 Å². The highest BCUT2D eigenvalue weighted by Gasteiger charge is 2.10. The normalized spacial score (nSPS) is 12.3. The number of hydrogen-bond donors (Lipinski definition) is 1. The van der Waals surface area contributed by atoms with E-state index in [9.17, 15) is 0 Å². The van der Waals surface area contributed by atoms with E-state index in [-0.39, 0.29) is 12.4 Å². The van der Waals surface area contributed by atoms with Crippen LogP contribution in [0.2, 0.25) is 0 Å². The van der Waals surface area contributed by atoms with E-state index in [4.69, 9.17) is 5.73 Å². The van der Waals surface area contributed by atoms with Crippen molar-refractivity contribution < 1.29 is 0 Å². The monoisotopic (exact) mass is 205 g/mol. The van der Waals surface area contributed by atoms with Crippen molar-refractivity contribution in [2.75, 3.05) is 6.54 Å². The van der Waals surface area contributed by atoms with Gasteiger partial charge in [0.2, 0.25) is 0 Å². The third kappa shape index (κ3) is 7.09. The van der Waals surface area contributed by atoms with E-state index in [2.05, 4.69) is 20.4 Å². The standard InChI is InChI=1S/C11H23N.ClH/c1-4-7-11(9-12)8-10(5-2)6-3;/h4,10-11H,1,5-9,12H2,2-3H3;1H. The molecule has 0 saturated heterocycles. The first-order valence-corrected chi connectivity index (χ1v) is 5.09. The van der Waals surface area contributed by atoms with Crippen molar-refractivity contribution in [3.05, 3.63) is 12.7 Å². The van der Waals surface area contributed by atoms with Crippen molar-refractivity contribution in [2.24, 2.45) is 17.6 Å². The van der Waals surface area contributed by atoms with Gasteiger partial charge >= 0.3 is 0 Å². The van der Waals surface area contributed by atoms with E-state index in [1.54, 1.807) is 0 Å². The van der Waals surface area contributed by atoms with Gasteiger partial charge in [-0.05, 0) is 31.2 Å². The van der Waals surface area contributed by atoms with Gasteiger partial charge in [-0.1, -0.05) is 32.8 Å². The van der Waals surface area contributed by atoms with Crippen LogP contribution < -0.4 is 5.73 Å². The predicted octanol–water partition coefficient (Wildman–Crippen LogP) is 3.39. The molecule has 1 atom stereocenters. The molecule has 0 radical (unpaired) electrons. The van der Waals surface area contributed by atoms with Gasteiger partial charge in [0.15, 0.2) is 0 Å². The second-order valence-corrected chi connectivity index (χ2v) is 3.54. The summed E-state index contributed by atoms with van der Waals surface area (Å²) in [7, 11) is 0. The minimum atomic E-state index is 0. The number of hydrogen-bond acceptors (Lipinski definition) is 1. The van der Waals surface area contributed by atoms with E-state index < -0.39 is 0 Å². The van der Waals surface area contributed by atoms with Gasteiger partial charge in [0.05, 0.1) is 0 Å². The molecule has 0 aliphatic heterocycles. The summed E-state index contributed by atoms with van der Waals surface area (Å²) < 4.78 is 0. The van der Waals surface area contributed by atoms with Crippen molar-refractivity contribution in [3.63, 3.8) is 0 Å². The lowest BCUT2D eigenvalue weighted by Crippen LogP contribution is -2.17. The van der Waals surface area contributed by atoms with E-state index >= 15 is 0 Å². The molecule has 2 N–H and O–H groups in total. The largest absolute Gasteiger partial charge is 0.330 e. The van der Waals surface area contributed by atoms with Crippen molar-refractivity contribution in [1.82, 2.24) is 0 Å². The van der Waals surface area contributed by atoms with Gasteiger partial charge in [-0.25, -0.2) is 0 Å². The van der Waals surface area contributed by atoms with E-state index in [0.717, 1.165) is 18.9 Å².